The van der Waals surface area contributed by atoms with E-state index in [2.05, 4.69) is 48.9 Å². The number of ether oxygens (including phenoxy) is 1. The second-order valence-corrected chi connectivity index (χ2v) is 5.94. The van der Waals surface area contributed by atoms with Crippen molar-refractivity contribution < 1.29 is 9.15 Å². The first-order valence-electron chi connectivity index (χ1n) is 6.68. The van der Waals surface area contributed by atoms with E-state index < -0.39 is 0 Å². The molecule has 0 amide bonds. The van der Waals surface area contributed by atoms with Gasteiger partial charge in [-0.25, -0.2) is 0 Å². The van der Waals surface area contributed by atoms with E-state index in [9.17, 15) is 0 Å². The molecule has 1 N–H and O–H groups in total. The number of rotatable bonds is 4. The molecule has 3 nitrogen and oxygen atoms in total. The number of hydrogen-bond donors (Lipinski definition) is 1. The lowest BCUT2D eigenvalue weighted by molar-refractivity contribution is 0.0465. The van der Waals surface area contributed by atoms with Crippen molar-refractivity contribution in [3.8, 4) is 0 Å². The molecule has 0 bridgehead atoms. The van der Waals surface area contributed by atoms with Crippen molar-refractivity contribution in [1.82, 2.24) is 5.32 Å². The summed E-state index contributed by atoms with van der Waals surface area (Å²) in [5.41, 5.74) is 0. The zero-order valence-corrected chi connectivity index (χ0v) is 13.0. The van der Waals surface area contributed by atoms with Crippen LogP contribution in [0.3, 0.4) is 0 Å². The average molecular weight is 316 g/mol. The predicted octanol–water partition coefficient (Wildman–Crippen LogP) is 3.75. The van der Waals surface area contributed by atoms with Gasteiger partial charge in [-0.1, -0.05) is 13.8 Å². The lowest BCUT2D eigenvalue weighted by Crippen LogP contribution is -2.34. The van der Waals surface area contributed by atoms with Gasteiger partial charge in [-0.05, 0) is 54.4 Å². The lowest BCUT2D eigenvalue weighted by Gasteiger charge is -2.28. The molecule has 4 heteroatoms. The molecule has 1 aromatic heterocycles. The summed E-state index contributed by atoms with van der Waals surface area (Å²) in [6, 6.07) is 4.21. The smallest absolute Gasteiger partial charge is 0.169 e. The van der Waals surface area contributed by atoms with Crippen LogP contribution in [0.4, 0.5) is 0 Å². The summed E-state index contributed by atoms with van der Waals surface area (Å²) in [5, 5.41) is 3.54. The highest BCUT2D eigenvalue weighted by atomic mass is 79.9. The quantitative estimate of drug-likeness (QED) is 0.918. The summed E-state index contributed by atoms with van der Waals surface area (Å²) in [5.74, 6) is 1.95. The van der Waals surface area contributed by atoms with Crippen molar-refractivity contribution in [2.75, 3.05) is 6.54 Å². The number of hydrogen-bond acceptors (Lipinski definition) is 3. The molecule has 2 heterocycles. The molecule has 0 aliphatic carbocycles. The van der Waals surface area contributed by atoms with E-state index in [1.807, 2.05) is 12.1 Å². The van der Waals surface area contributed by atoms with Crippen LogP contribution in [0, 0.1) is 11.8 Å². The summed E-state index contributed by atoms with van der Waals surface area (Å²) in [4.78, 5) is 0. The van der Waals surface area contributed by atoms with Crippen LogP contribution >= 0.6 is 15.9 Å². The maximum atomic E-state index is 5.95. The topological polar surface area (TPSA) is 34.4 Å². The van der Waals surface area contributed by atoms with Crippen LogP contribution in [0.15, 0.2) is 21.2 Å². The van der Waals surface area contributed by atoms with E-state index in [4.69, 9.17) is 9.15 Å². The number of halogens is 1. The van der Waals surface area contributed by atoms with Crippen molar-refractivity contribution in [2.24, 2.45) is 11.8 Å². The SMILES string of the molecule is CCNC(c1ccc(Br)o1)C1C(C)OC(C)C1C. The van der Waals surface area contributed by atoms with E-state index >= 15 is 0 Å². The second kappa shape index (κ2) is 5.76. The maximum absolute atomic E-state index is 5.95. The summed E-state index contributed by atoms with van der Waals surface area (Å²) in [7, 11) is 0. The first kappa shape index (κ1) is 14.1. The zero-order valence-electron chi connectivity index (χ0n) is 11.4. The third-order valence-electron chi connectivity index (χ3n) is 4.03. The number of furan rings is 1. The molecule has 1 aromatic rings. The number of nitrogens with one attached hydrogen (secondary N) is 1. The molecule has 0 saturated carbocycles. The molecule has 1 aliphatic heterocycles. The molecule has 5 atom stereocenters. The fourth-order valence-electron chi connectivity index (χ4n) is 3.01. The van der Waals surface area contributed by atoms with Gasteiger partial charge in [0.1, 0.15) is 5.76 Å². The van der Waals surface area contributed by atoms with Crippen LogP contribution in [0.5, 0.6) is 0 Å². The Morgan fingerprint density at radius 3 is 2.44 bits per heavy atom. The van der Waals surface area contributed by atoms with E-state index in [-0.39, 0.29) is 12.1 Å². The summed E-state index contributed by atoms with van der Waals surface area (Å²) < 4.78 is 12.5. The molecule has 0 aromatic carbocycles. The van der Waals surface area contributed by atoms with Crippen molar-refractivity contribution in [2.45, 2.75) is 45.9 Å². The highest BCUT2D eigenvalue weighted by Crippen LogP contribution is 2.41. The Morgan fingerprint density at radius 2 is 2.00 bits per heavy atom. The Labute approximate surface area is 117 Å². The van der Waals surface area contributed by atoms with Gasteiger partial charge in [0.15, 0.2) is 4.67 Å². The van der Waals surface area contributed by atoms with E-state index in [0.717, 1.165) is 17.0 Å². The molecule has 0 radical (unpaired) electrons. The largest absolute Gasteiger partial charge is 0.453 e. The maximum Gasteiger partial charge on any atom is 0.169 e. The second-order valence-electron chi connectivity index (χ2n) is 5.16. The molecule has 18 heavy (non-hydrogen) atoms. The standard InChI is InChI=1S/C14H22BrNO2/c1-5-16-14(11-6-7-12(15)18-11)13-8(2)9(3)17-10(13)4/h6-10,13-14,16H,5H2,1-4H3. The first-order chi connectivity index (χ1) is 8.54. The van der Waals surface area contributed by atoms with Gasteiger partial charge in [-0.15, -0.1) is 0 Å². The van der Waals surface area contributed by atoms with Gasteiger partial charge in [-0.2, -0.15) is 0 Å². The fourth-order valence-corrected chi connectivity index (χ4v) is 3.33. The molecule has 1 saturated heterocycles. The molecule has 5 unspecified atom stereocenters. The predicted molar refractivity (Wildman–Crippen MR) is 75.5 cm³/mol. The van der Waals surface area contributed by atoms with Gasteiger partial charge >= 0.3 is 0 Å². The third kappa shape index (κ3) is 2.65. The van der Waals surface area contributed by atoms with Crippen molar-refractivity contribution in [3.63, 3.8) is 0 Å². The molecule has 1 fully saturated rings. The average Bonchev–Trinajstić information content (AvgIpc) is 2.83. The summed E-state index contributed by atoms with van der Waals surface area (Å²) in [6.07, 6.45) is 0.562. The van der Waals surface area contributed by atoms with Crippen LogP contribution in [0.1, 0.15) is 39.5 Å². The zero-order chi connectivity index (χ0) is 13.3. The van der Waals surface area contributed by atoms with Gasteiger partial charge < -0.3 is 14.5 Å². The van der Waals surface area contributed by atoms with E-state index in [1.165, 1.54) is 0 Å². The van der Waals surface area contributed by atoms with Crippen LogP contribution in [-0.2, 0) is 4.74 Å². The van der Waals surface area contributed by atoms with Gasteiger partial charge in [0, 0.05) is 5.92 Å². The van der Waals surface area contributed by atoms with Gasteiger partial charge in [0.2, 0.25) is 0 Å². The van der Waals surface area contributed by atoms with Crippen LogP contribution in [-0.4, -0.2) is 18.8 Å². The Hall–Kier alpha value is -0.320. The minimum Gasteiger partial charge on any atom is -0.453 e. The van der Waals surface area contributed by atoms with Gasteiger partial charge in [0.05, 0.1) is 18.2 Å². The van der Waals surface area contributed by atoms with Crippen molar-refractivity contribution in [1.29, 1.82) is 0 Å². The molecule has 1 aliphatic rings. The highest BCUT2D eigenvalue weighted by molar-refractivity contribution is 9.10. The van der Waals surface area contributed by atoms with Crippen LogP contribution in [0.25, 0.3) is 0 Å². The van der Waals surface area contributed by atoms with Crippen LogP contribution in [0.2, 0.25) is 0 Å². The molecule has 102 valence electrons. The minimum absolute atomic E-state index is 0.219. The molecule has 0 spiro atoms. The van der Waals surface area contributed by atoms with Gasteiger partial charge in [-0.3, -0.25) is 0 Å². The Bertz CT molecular complexity index is 393. The lowest BCUT2D eigenvalue weighted by atomic mass is 9.82. The molecular formula is C14H22BrNO2. The van der Waals surface area contributed by atoms with Gasteiger partial charge in [0.25, 0.3) is 0 Å². The Balaban J connectivity index is 2.24. The fraction of sp³-hybridized carbons (Fsp3) is 0.714. The Morgan fingerprint density at radius 1 is 1.28 bits per heavy atom. The third-order valence-corrected chi connectivity index (χ3v) is 4.45. The summed E-state index contributed by atoms with van der Waals surface area (Å²) in [6.45, 7) is 9.63. The van der Waals surface area contributed by atoms with E-state index in [1.54, 1.807) is 0 Å². The first-order valence-corrected chi connectivity index (χ1v) is 7.48. The normalized spacial score (nSPS) is 33.8. The van der Waals surface area contributed by atoms with E-state index in [0.29, 0.717) is 17.9 Å². The minimum atomic E-state index is 0.219. The molecule has 2 rings (SSSR count). The monoisotopic (exact) mass is 315 g/mol. The highest BCUT2D eigenvalue weighted by Gasteiger charge is 2.42. The molecular weight excluding hydrogens is 294 g/mol. The van der Waals surface area contributed by atoms with Crippen molar-refractivity contribution in [3.05, 3.63) is 22.6 Å². The Kier molecular flexibility index (Phi) is 4.51. The van der Waals surface area contributed by atoms with Crippen molar-refractivity contribution >= 4 is 15.9 Å². The summed E-state index contributed by atoms with van der Waals surface area (Å²) >= 11 is 3.38. The van der Waals surface area contributed by atoms with Crippen LogP contribution < -0.4 is 5.32 Å².